The lowest BCUT2D eigenvalue weighted by Gasteiger charge is -2.22. The maximum Gasteiger partial charge on any atom is 0.243 e. The van der Waals surface area contributed by atoms with Crippen LogP contribution >= 0.6 is 0 Å². The standard InChI is InChI=1S/C13H17N3O/c1-10(8-14)9-16(2)13(17)12(15)11-6-4-3-5-7-11/h3-7,10,12H,9,15H2,1-2H3/t10?,12-/m1/s1. The maximum atomic E-state index is 12.0. The van der Waals surface area contributed by atoms with Crippen molar-refractivity contribution in [2.45, 2.75) is 13.0 Å². The van der Waals surface area contributed by atoms with E-state index >= 15 is 0 Å². The Morgan fingerprint density at radius 1 is 1.47 bits per heavy atom. The smallest absolute Gasteiger partial charge is 0.243 e. The Kier molecular flexibility index (Phi) is 4.68. The van der Waals surface area contributed by atoms with Gasteiger partial charge in [-0.15, -0.1) is 0 Å². The van der Waals surface area contributed by atoms with Crippen molar-refractivity contribution in [1.29, 1.82) is 5.26 Å². The third-order valence-electron chi connectivity index (χ3n) is 2.57. The van der Waals surface area contributed by atoms with Crippen LogP contribution in [0.4, 0.5) is 0 Å². The molecule has 0 aliphatic rings. The van der Waals surface area contributed by atoms with E-state index in [-0.39, 0.29) is 11.8 Å². The van der Waals surface area contributed by atoms with Crippen molar-refractivity contribution in [2.75, 3.05) is 13.6 Å². The Labute approximate surface area is 102 Å². The molecule has 17 heavy (non-hydrogen) atoms. The average Bonchev–Trinajstić information content (AvgIpc) is 2.37. The molecule has 0 saturated carbocycles. The summed E-state index contributed by atoms with van der Waals surface area (Å²) in [6.07, 6.45) is 0. The fourth-order valence-corrected chi connectivity index (χ4v) is 1.58. The minimum absolute atomic E-state index is 0.168. The van der Waals surface area contributed by atoms with Gasteiger partial charge in [0, 0.05) is 13.6 Å². The lowest BCUT2D eigenvalue weighted by Crippen LogP contribution is -2.38. The Bertz CT molecular complexity index is 410. The number of rotatable bonds is 4. The molecule has 2 atom stereocenters. The number of carbonyl (C=O) groups excluding carboxylic acids is 1. The minimum atomic E-state index is -0.660. The second-order valence-corrected chi connectivity index (χ2v) is 4.14. The van der Waals surface area contributed by atoms with E-state index in [9.17, 15) is 4.79 Å². The lowest BCUT2D eigenvalue weighted by atomic mass is 10.1. The number of likely N-dealkylation sites (N-methyl/N-ethyl adjacent to an activating group) is 1. The van der Waals surface area contributed by atoms with Crippen LogP contribution in [0.5, 0.6) is 0 Å². The van der Waals surface area contributed by atoms with E-state index in [4.69, 9.17) is 11.0 Å². The number of benzene rings is 1. The number of nitriles is 1. The van der Waals surface area contributed by atoms with E-state index in [2.05, 4.69) is 6.07 Å². The van der Waals surface area contributed by atoms with Gasteiger partial charge in [-0.25, -0.2) is 0 Å². The molecular formula is C13H17N3O. The minimum Gasteiger partial charge on any atom is -0.343 e. The van der Waals surface area contributed by atoms with Gasteiger partial charge >= 0.3 is 0 Å². The number of nitrogens with two attached hydrogens (primary N) is 1. The van der Waals surface area contributed by atoms with Crippen molar-refractivity contribution in [1.82, 2.24) is 4.90 Å². The molecule has 90 valence electrons. The maximum absolute atomic E-state index is 12.0. The van der Waals surface area contributed by atoms with Crippen LogP contribution < -0.4 is 5.73 Å². The third kappa shape index (κ3) is 3.58. The first-order chi connectivity index (χ1) is 8.06. The van der Waals surface area contributed by atoms with Gasteiger partial charge in [-0.05, 0) is 12.5 Å². The normalized spacial score (nSPS) is 13.5. The van der Waals surface area contributed by atoms with E-state index in [1.807, 2.05) is 30.3 Å². The van der Waals surface area contributed by atoms with Crippen molar-refractivity contribution < 1.29 is 4.79 Å². The summed E-state index contributed by atoms with van der Waals surface area (Å²) in [4.78, 5) is 13.5. The van der Waals surface area contributed by atoms with Crippen LogP contribution in [0.15, 0.2) is 30.3 Å². The van der Waals surface area contributed by atoms with Crippen LogP contribution in [0.1, 0.15) is 18.5 Å². The van der Waals surface area contributed by atoms with Crippen molar-refractivity contribution in [3.8, 4) is 6.07 Å². The van der Waals surface area contributed by atoms with Crippen LogP contribution in [0.2, 0.25) is 0 Å². The van der Waals surface area contributed by atoms with Gasteiger partial charge in [0.05, 0.1) is 12.0 Å². The summed E-state index contributed by atoms with van der Waals surface area (Å²) in [6, 6.07) is 10.7. The van der Waals surface area contributed by atoms with E-state index in [0.29, 0.717) is 6.54 Å². The first kappa shape index (κ1) is 13.2. The van der Waals surface area contributed by atoms with E-state index in [1.54, 1.807) is 14.0 Å². The average molecular weight is 231 g/mol. The van der Waals surface area contributed by atoms with E-state index < -0.39 is 6.04 Å². The highest BCUT2D eigenvalue weighted by molar-refractivity contribution is 5.82. The highest BCUT2D eigenvalue weighted by Gasteiger charge is 2.20. The zero-order valence-electron chi connectivity index (χ0n) is 10.1. The van der Waals surface area contributed by atoms with Gasteiger partial charge in [0.15, 0.2) is 0 Å². The zero-order chi connectivity index (χ0) is 12.8. The van der Waals surface area contributed by atoms with Crippen molar-refractivity contribution in [2.24, 2.45) is 11.7 Å². The monoisotopic (exact) mass is 231 g/mol. The summed E-state index contributed by atoms with van der Waals surface area (Å²) in [5, 5.41) is 8.70. The molecule has 4 nitrogen and oxygen atoms in total. The Hall–Kier alpha value is -1.86. The van der Waals surface area contributed by atoms with Crippen LogP contribution in [0.3, 0.4) is 0 Å². The summed E-state index contributed by atoms with van der Waals surface area (Å²) >= 11 is 0. The number of nitrogens with zero attached hydrogens (tertiary/aromatic N) is 2. The van der Waals surface area contributed by atoms with Crippen molar-refractivity contribution in [3.63, 3.8) is 0 Å². The number of hydrogen-bond acceptors (Lipinski definition) is 3. The lowest BCUT2D eigenvalue weighted by molar-refractivity contribution is -0.131. The Morgan fingerprint density at radius 2 is 2.06 bits per heavy atom. The van der Waals surface area contributed by atoms with E-state index in [0.717, 1.165) is 5.56 Å². The largest absolute Gasteiger partial charge is 0.343 e. The Balaban J connectivity index is 2.68. The summed E-state index contributed by atoms with van der Waals surface area (Å²) < 4.78 is 0. The summed E-state index contributed by atoms with van der Waals surface area (Å²) in [5.74, 6) is -0.356. The summed E-state index contributed by atoms with van der Waals surface area (Å²) in [6.45, 7) is 2.17. The summed E-state index contributed by atoms with van der Waals surface area (Å²) in [7, 11) is 1.67. The van der Waals surface area contributed by atoms with Crippen molar-refractivity contribution in [3.05, 3.63) is 35.9 Å². The topological polar surface area (TPSA) is 70.1 Å². The fourth-order valence-electron chi connectivity index (χ4n) is 1.58. The number of amides is 1. The first-order valence-corrected chi connectivity index (χ1v) is 5.51. The molecule has 0 saturated heterocycles. The van der Waals surface area contributed by atoms with Crippen LogP contribution in [-0.2, 0) is 4.79 Å². The third-order valence-corrected chi connectivity index (χ3v) is 2.57. The molecule has 0 aliphatic carbocycles. The fraction of sp³-hybridized carbons (Fsp3) is 0.385. The summed E-state index contributed by atoms with van der Waals surface area (Å²) in [5.41, 5.74) is 6.67. The first-order valence-electron chi connectivity index (χ1n) is 5.51. The Morgan fingerprint density at radius 3 is 2.59 bits per heavy atom. The molecule has 0 bridgehead atoms. The van der Waals surface area contributed by atoms with Gasteiger partial charge in [0.1, 0.15) is 6.04 Å². The van der Waals surface area contributed by atoms with E-state index in [1.165, 1.54) is 4.90 Å². The SMILES string of the molecule is CC(C#N)CN(C)C(=O)[C@H](N)c1ccccc1. The molecule has 4 heteroatoms. The number of carbonyl (C=O) groups is 1. The van der Waals surface area contributed by atoms with Gasteiger partial charge < -0.3 is 10.6 Å². The number of hydrogen-bond donors (Lipinski definition) is 1. The molecule has 1 unspecified atom stereocenters. The van der Waals surface area contributed by atoms with Gasteiger partial charge in [-0.2, -0.15) is 5.26 Å². The zero-order valence-corrected chi connectivity index (χ0v) is 10.1. The van der Waals surface area contributed by atoms with Gasteiger partial charge in [-0.1, -0.05) is 30.3 Å². The van der Waals surface area contributed by atoms with Gasteiger partial charge in [0.25, 0.3) is 0 Å². The molecule has 0 spiro atoms. The molecule has 1 rings (SSSR count). The molecule has 2 N–H and O–H groups in total. The molecule has 1 aromatic rings. The van der Waals surface area contributed by atoms with Gasteiger partial charge in [-0.3, -0.25) is 4.79 Å². The molecule has 0 heterocycles. The molecule has 1 amide bonds. The predicted molar refractivity (Wildman–Crippen MR) is 65.8 cm³/mol. The molecule has 0 aliphatic heterocycles. The highest BCUT2D eigenvalue weighted by Crippen LogP contribution is 2.12. The second kappa shape index (κ2) is 6.02. The molecular weight excluding hydrogens is 214 g/mol. The molecule has 0 aromatic heterocycles. The molecule has 0 fully saturated rings. The molecule has 1 aromatic carbocycles. The van der Waals surface area contributed by atoms with Gasteiger partial charge in [0.2, 0.25) is 5.91 Å². The highest BCUT2D eigenvalue weighted by atomic mass is 16.2. The second-order valence-electron chi connectivity index (χ2n) is 4.14. The quantitative estimate of drug-likeness (QED) is 0.849. The van der Waals surface area contributed by atoms with Crippen LogP contribution in [0, 0.1) is 17.2 Å². The van der Waals surface area contributed by atoms with Crippen LogP contribution in [0.25, 0.3) is 0 Å². The van der Waals surface area contributed by atoms with Crippen molar-refractivity contribution >= 4 is 5.91 Å². The van der Waals surface area contributed by atoms with Crippen LogP contribution in [-0.4, -0.2) is 24.4 Å². The molecule has 0 radical (unpaired) electrons. The predicted octanol–water partition coefficient (Wildman–Crippen LogP) is 1.30.